The Morgan fingerprint density at radius 1 is 1.33 bits per heavy atom. The van der Waals surface area contributed by atoms with Crippen molar-refractivity contribution < 1.29 is 9.90 Å². The second-order valence-electron chi connectivity index (χ2n) is 6.81. The van der Waals surface area contributed by atoms with Crippen LogP contribution in [-0.2, 0) is 11.2 Å². The largest absolute Gasteiger partial charge is 0.480 e. The summed E-state index contributed by atoms with van der Waals surface area (Å²) in [5.74, 6) is -0.181. The molecule has 27 heavy (non-hydrogen) atoms. The fraction of sp³-hybridized carbons (Fsp3) is 0.350. The van der Waals surface area contributed by atoms with Crippen molar-refractivity contribution in [3.05, 3.63) is 40.0 Å². The van der Waals surface area contributed by atoms with Crippen LogP contribution in [0.5, 0.6) is 0 Å². The molecule has 0 aliphatic carbocycles. The molecule has 1 aliphatic heterocycles. The van der Waals surface area contributed by atoms with Crippen molar-refractivity contribution in [2.75, 3.05) is 11.4 Å². The third-order valence-electron chi connectivity index (χ3n) is 5.05. The molecule has 7 heteroatoms. The van der Waals surface area contributed by atoms with E-state index in [1.807, 2.05) is 4.90 Å². The number of nitrogens with zero attached hydrogens (tertiary/aromatic N) is 3. The Kier molecular flexibility index (Phi) is 4.78. The van der Waals surface area contributed by atoms with Crippen LogP contribution in [0.1, 0.15) is 30.2 Å². The minimum Gasteiger partial charge on any atom is -0.480 e. The van der Waals surface area contributed by atoms with Gasteiger partial charge in [-0.25, -0.2) is 9.78 Å². The number of rotatable bonds is 4. The van der Waals surface area contributed by atoms with E-state index >= 15 is 0 Å². The number of carboxylic acid groups (broad SMARTS) is 1. The van der Waals surface area contributed by atoms with Crippen molar-refractivity contribution in [2.45, 2.75) is 39.2 Å². The molecule has 0 bridgehead atoms. The highest BCUT2D eigenvalue weighted by molar-refractivity contribution is 7.19. The molecule has 1 saturated heterocycles. The molecule has 1 fully saturated rings. The van der Waals surface area contributed by atoms with Crippen LogP contribution in [0.3, 0.4) is 0 Å². The minimum absolute atomic E-state index is 0.160. The number of fused-ring (bicyclic) bond motifs is 1. The Hall–Kier alpha value is -2.18. The van der Waals surface area contributed by atoms with Gasteiger partial charge in [0, 0.05) is 17.0 Å². The lowest BCUT2D eigenvalue weighted by Gasteiger charge is -2.23. The Bertz CT molecular complexity index is 1020. The van der Waals surface area contributed by atoms with Crippen molar-refractivity contribution in [1.29, 1.82) is 0 Å². The normalized spacial score (nSPS) is 17.0. The third kappa shape index (κ3) is 3.17. The molecule has 5 nitrogen and oxygen atoms in total. The molecule has 1 atom stereocenters. The number of thiophene rings is 1. The first kappa shape index (κ1) is 18.2. The fourth-order valence-electron chi connectivity index (χ4n) is 3.76. The molecule has 1 unspecified atom stereocenters. The van der Waals surface area contributed by atoms with E-state index in [4.69, 9.17) is 11.6 Å². The van der Waals surface area contributed by atoms with Gasteiger partial charge < -0.3 is 10.0 Å². The summed E-state index contributed by atoms with van der Waals surface area (Å²) >= 11 is 7.82. The van der Waals surface area contributed by atoms with Gasteiger partial charge in [-0.3, -0.25) is 0 Å². The predicted octanol–water partition coefficient (Wildman–Crippen LogP) is 4.94. The Morgan fingerprint density at radius 3 is 2.74 bits per heavy atom. The molecule has 0 radical (unpaired) electrons. The summed E-state index contributed by atoms with van der Waals surface area (Å²) in [6, 6.07) is 7.81. The van der Waals surface area contributed by atoms with Gasteiger partial charge in [-0.05, 0) is 43.4 Å². The number of hydrogen-bond acceptors (Lipinski definition) is 5. The standard InChI is InChI=1S/C20H20ClN3O2S/c1-3-14-15(12-8-6-11(2)7-9-12)16-17(22-20(21)23-18(16)27-14)24-10-4-5-13(24)19(25)26/h6-9,13H,3-5,10H2,1-2H3,(H,25,26). The fourth-order valence-corrected chi connectivity index (χ4v) is 5.10. The van der Waals surface area contributed by atoms with Crippen LogP contribution in [0.15, 0.2) is 24.3 Å². The summed E-state index contributed by atoms with van der Waals surface area (Å²) in [5, 5.41) is 10.7. The molecule has 3 aromatic rings. The molecule has 140 valence electrons. The average Bonchev–Trinajstić information content (AvgIpc) is 3.26. The van der Waals surface area contributed by atoms with Gasteiger partial charge in [0.05, 0.1) is 5.39 Å². The van der Waals surface area contributed by atoms with Crippen LogP contribution < -0.4 is 4.90 Å². The third-order valence-corrected chi connectivity index (χ3v) is 6.45. The SMILES string of the molecule is CCc1sc2nc(Cl)nc(N3CCCC3C(=O)O)c2c1-c1ccc(C)cc1. The molecular formula is C20H20ClN3O2S. The minimum atomic E-state index is -0.821. The molecule has 4 rings (SSSR count). The zero-order valence-electron chi connectivity index (χ0n) is 15.2. The monoisotopic (exact) mass is 401 g/mol. The molecule has 0 saturated carbocycles. The average molecular weight is 402 g/mol. The first-order valence-corrected chi connectivity index (χ1v) is 10.2. The summed E-state index contributed by atoms with van der Waals surface area (Å²) in [5.41, 5.74) is 3.39. The van der Waals surface area contributed by atoms with E-state index in [0.717, 1.165) is 34.2 Å². The molecule has 2 aromatic heterocycles. The van der Waals surface area contributed by atoms with Crippen LogP contribution in [0.25, 0.3) is 21.3 Å². The van der Waals surface area contributed by atoms with E-state index in [-0.39, 0.29) is 5.28 Å². The van der Waals surface area contributed by atoms with Gasteiger partial charge in [0.25, 0.3) is 0 Å². The van der Waals surface area contributed by atoms with E-state index in [9.17, 15) is 9.90 Å². The second-order valence-corrected chi connectivity index (χ2v) is 8.23. The molecule has 0 spiro atoms. The zero-order chi connectivity index (χ0) is 19.1. The number of anilines is 1. The van der Waals surface area contributed by atoms with E-state index < -0.39 is 12.0 Å². The number of aryl methyl sites for hydroxylation is 2. The van der Waals surface area contributed by atoms with Gasteiger partial charge in [0.2, 0.25) is 5.28 Å². The van der Waals surface area contributed by atoms with Crippen LogP contribution in [-0.4, -0.2) is 33.6 Å². The summed E-state index contributed by atoms with van der Waals surface area (Å²) in [6.45, 7) is 4.84. The van der Waals surface area contributed by atoms with Gasteiger partial charge in [0.15, 0.2) is 0 Å². The van der Waals surface area contributed by atoms with Crippen molar-refractivity contribution in [3.8, 4) is 11.1 Å². The highest BCUT2D eigenvalue weighted by Crippen LogP contribution is 2.44. The summed E-state index contributed by atoms with van der Waals surface area (Å²) in [7, 11) is 0. The van der Waals surface area contributed by atoms with Crippen LogP contribution in [0, 0.1) is 6.92 Å². The van der Waals surface area contributed by atoms with Crippen molar-refractivity contribution in [3.63, 3.8) is 0 Å². The maximum Gasteiger partial charge on any atom is 0.326 e. The highest BCUT2D eigenvalue weighted by Gasteiger charge is 2.34. The number of carboxylic acids is 1. The van der Waals surface area contributed by atoms with E-state index in [1.165, 1.54) is 10.4 Å². The number of halogens is 1. The topological polar surface area (TPSA) is 66.3 Å². The summed E-state index contributed by atoms with van der Waals surface area (Å²) < 4.78 is 0. The lowest BCUT2D eigenvalue weighted by Crippen LogP contribution is -2.36. The highest BCUT2D eigenvalue weighted by atomic mass is 35.5. The van der Waals surface area contributed by atoms with E-state index in [2.05, 4.69) is 48.1 Å². The molecule has 1 aliphatic rings. The Balaban J connectivity index is 2.00. The van der Waals surface area contributed by atoms with Gasteiger partial charge in [-0.2, -0.15) is 4.98 Å². The lowest BCUT2D eigenvalue weighted by atomic mass is 10.0. The van der Waals surface area contributed by atoms with Crippen LogP contribution in [0.2, 0.25) is 5.28 Å². The molecule has 3 heterocycles. The predicted molar refractivity (Wildman–Crippen MR) is 110 cm³/mol. The number of aromatic nitrogens is 2. The van der Waals surface area contributed by atoms with Crippen LogP contribution in [0.4, 0.5) is 5.82 Å². The van der Waals surface area contributed by atoms with Crippen molar-refractivity contribution >= 4 is 44.9 Å². The first-order valence-electron chi connectivity index (χ1n) is 9.05. The molecular weight excluding hydrogens is 382 g/mol. The Labute approximate surface area is 166 Å². The maximum absolute atomic E-state index is 11.7. The molecule has 1 aromatic carbocycles. The second kappa shape index (κ2) is 7.09. The van der Waals surface area contributed by atoms with Gasteiger partial charge in [-0.1, -0.05) is 36.8 Å². The Morgan fingerprint density at radius 2 is 2.07 bits per heavy atom. The number of hydrogen-bond donors (Lipinski definition) is 1. The molecule has 1 N–H and O–H groups in total. The maximum atomic E-state index is 11.7. The van der Waals surface area contributed by atoms with E-state index in [0.29, 0.717) is 18.8 Å². The summed E-state index contributed by atoms with van der Waals surface area (Å²) in [4.78, 5) is 24.6. The van der Waals surface area contributed by atoms with E-state index in [1.54, 1.807) is 11.3 Å². The quantitative estimate of drug-likeness (QED) is 0.627. The zero-order valence-corrected chi connectivity index (χ0v) is 16.8. The summed E-state index contributed by atoms with van der Waals surface area (Å²) in [6.07, 6.45) is 2.30. The lowest BCUT2D eigenvalue weighted by molar-refractivity contribution is -0.138. The van der Waals surface area contributed by atoms with Crippen molar-refractivity contribution in [2.24, 2.45) is 0 Å². The smallest absolute Gasteiger partial charge is 0.326 e. The van der Waals surface area contributed by atoms with Gasteiger partial charge in [-0.15, -0.1) is 11.3 Å². The van der Waals surface area contributed by atoms with Gasteiger partial charge >= 0.3 is 5.97 Å². The molecule has 0 amide bonds. The van der Waals surface area contributed by atoms with Crippen molar-refractivity contribution in [1.82, 2.24) is 9.97 Å². The van der Waals surface area contributed by atoms with Crippen LogP contribution >= 0.6 is 22.9 Å². The first-order chi connectivity index (χ1) is 13.0. The number of carbonyl (C=O) groups is 1. The number of aliphatic carboxylic acids is 1. The number of benzene rings is 1. The van der Waals surface area contributed by atoms with Gasteiger partial charge in [0.1, 0.15) is 16.7 Å².